The summed E-state index contributed by atoms with van der Waals surface area (Å²) in [5, 5.41) is 8.25. The van der Waals surface area contributed by atoms with Gasteiger partial charge in [-0.3, -0.25) is 0 Å². The number of unbranched alkanes of at least 4 members (excludes halogenated alkanes) is 1. The first-order valence-electron chi connectivity index (χ1n) is 2.94. The van der Waals surface area contributed by atoms with Gasteiger partial charge >= 0.3 is 6.18 Å². The van der Waals surface area contributed by atoms with E-state index in [4.69, 9.17) is 5.11 Å². The number of alkyl halides is 3. The van der Waals surface area contributed by atoms with Crippen molar-refractivity contribution in [3.8, 4) is 0 Å². The van der Waals surface area contributed by atoms with E-state index in [-0.39, 0.29) is 6.42 Å². The van der Waals surface area contributed by atoms with Crippen molar-refractivity contribution in [2.75, 3.05) is 0 Å². The van der Waals surface area contributed by atoms with Gasteiger partial charge in [0.15, 0.2) is 5.76 Å². The zero-order chi connectivity index (χ0) is 8.20. The minimum absolute atomic E-state index is 0.255. The molecular weight excluding hydrogens is 145 g/mol. The number of aliphatic hydroxyl groups is 1. The minimum Gasteiger partial charge on any atom is -0.504 e. The number of hydrogen-bond donors (Lipinski definition) is 1. The number of allylic oxidation sites excluding steroid dienone is 2. The van der Waals surface area contributed by atoms with Crippen molar-refractivity contribution in [2.24, 2.45) is 0 Å². The molecule has 0 aromatic heterocycles. The van der Waals surface area contributed by atoms with Crippen LogP contribution in [0.5, 0.6) is 0 Å². The number of rotatable bonds is 2. The van der Waals surface area contributed by atoms with Gasteiger partial charge in [-0.1, -0.05) is 13.3 Å². The van der Waals surface area contributed by atoms with Gasteiger partial charge in [0.25, 0.3) is 0 Å². The molecule has 0 aliphatic rings. The fourth-order valence-electron chi connectivity index (χ4n) is 0.397. The molecule has 0 heterocycles. The molecule has 1 nitrogen and oxygen atoms in total. The van der Waals surface area contributed by atoms with Crippen molar-refractivity contribution in [2.45, 2.75) is 25.9 Å². The molecule has 10 heavy (non-hydrogen) atoms. The molecule has 0 radical (unpaired) electrons. The van der Waals surface area contributed by atoms with Crippen LogP contribution in [0.25, 0.3) is 0 Å². The van der Waals surface area contributed by atoms with Gasteiger partial charge in [0.2, 0.25) is 0 Å². The quantitative estimate of drug-likeness (QED) is 0.606. The van der Waals surface area contributed by atoms with Gasteiger partial charge in [0.05, 0.1) is 0 Å². The molecule has 0 amide bonds. The van der Waals surface area contributed by atoms with Crippen LogP contribution in [0.4, 0.5) is 13.2 Å². The van der Waals surface area contributed by atoms with E-state index in [1.165, 1.54) is 0 Å². The summed E-state index contributed by atoms with van der Waals surface area (Å²) < 4.78 is 34.4. The maximum atomic E-state index is 11.5. The Labute approximate surface area is 57.2 Å². The molecule has 0 aliphatic heterocycles. The summed E-state index contributed by atoms with van der Waals surface area (Å²) in [6.07, 6.45) is -2.94. The van der Waals surface area contributed by atoms with Gasteiger partial charge < -0.3 is 5.11 Å². The van der Waals surface area contributed by atoms with E-state index in [0.717, 1.165) is 6.08 Å². The van der Waals surface area contributed by atoms with Crippen LogP contribution in [0, 0.1) is 0 Å². The van der Waals surface area contributed by atoms with Crippen molar-refractivity contribution < 1.29 is 18.3 Å². The van der Waals surface area contributed by atoms with Gasteiger partial charge in [-0.25, -0.2) is 0 Å². The average Bonchev–Trinajstić information content (AvgIpc) is 1.80. The van der Waals surface area contributed by atoms with E-state index < -0.39 is 11.9 Å². The first kappa shape index (κ1) is 9.33. The Kier molecular flexibility index (Phi) is 3.25. The lowest BCUT2D eigenvalue weighted by atomic mass is 10.3. The predicted molar refractivity (Wildman–Crippen MR) is 31.7 cm³/mol. The summed E-state index contributed by atoms with van der Waals surface area (Å²) in [5.74, 6) is -1.49. The van der Waals surface area contributed by atoms with Crippen molar-refractivity contribution in [3.63, 3.8) is 0 Å². The average molecular weight is 154 g/mol. The molecule has 0 unspecified atom stereocenters. The molecule has 0 rings (SSSR count). The number of hydrogen-bond acceptors (Lipinski definition) is 1. The summed E-state index contributed by atoms with van der Waals surface area (Å²) in [4.78, 5) is 0. The van der Waals surface area contributed by atoms with Crippen molar-refractivity contribution in [3.05, 3.63) is 11.8 Å². The standard InChI is InChI=1S/C6H9F3O/c1-2-3-4-5(10)6(7,8)9/h4,10H,2-3H2,1H3/b5-4+. The van der Waals surface area contributed by atoms with Crippen LogP contribution >= 0.6 is 0 Å². The third-order valence-corrected chi connectivity index (χ3v) is 0.917. The number of halogens is 3. The molecule has 0 saturated carbocycles. The van der Waals surface area contributed by atoms with Gasteiger partial charge in [0, 0.05) is 0 Å². The summed E-state index contributed by atoms with van der Waals surface area (Å²) in [6.45, 7) is 1.74. The molecule has 0 fully saturated rings. The summed E-state index contributed by atoms with van der Waals surface area (Å²) >= 11 is 0. The predicted octanol–water partition coefficient (Wildman–Crippen LogP) is 2.79. The van der Waals surface area contributed by atoms with Crippen molar-refractivity contribution >= 4 is 0 Å². The van der Waals surface area contributed by atoms with Crippen LogP contribution in [-0.4, -0.2) is 11.3 Å². The SMILES string of the molecule is CCC/C=C(/O)C(F)(F)F. The Morgan fingerprint density at radius 1 is 1.50 bits per heavy atom. The first-order chi connectivity index (χ1) is 4.48. The second-order valence-corrected chi connectivity index (χ2v) is 1.88. The minimum atomic E-state index is -4.57. The molecule has 4 heteroatoms. The van der Waals surface area contributed by atoms with Crippen molar-refractivity contribution in [1.29, 1.82) is 0 Å². The lowest BCUT2D eigenvalue weighted by Crippen LogP contribution is -2.10. The molecule has 0 bridgehead atoms. The van der Waals surface area contributed by atoms with Gasteiger partial charge in [-0.2, -0.15) is 13.2 Å². The lowest BCUT2D eigenvalue weighted by Gasteiger charge is -2.03. The van der Waals surface area contributed by atoms with Crippen LogP contribution < -0.4 is 0 Å². The molecule has 1 N–H and O–H groups in total. The molecule has 0 aliphatic carbocycles. The summed E-state index contributed by atoms with van der Waals surface area (Å²) in [7, 11) is 0. The van der Waals surface area contributed by atoms with Crippen LogP contribution in [0.2, 0.25) is 0 Å². The van der Waals surface area contributed by atoms with Gasteiger partial charge in [-0.15, -0.1) is 0 Å². The van der Waals surface area contributed by atoms with E-state index in [1.807, 2.05) is 0 Å². The highest BCUT2D eigenvalue weighted by atomic mass is 19.4. The Balaban J connectivity index is 3.93. The lowest BCUT2D eigenvalue weighted by molar-refractivity contribution is -0.120. The molecule has 0 spiro atoms. The van der Waals surface area contributed by atoms with E-state index >= 15 is 0 Å². The smallest absolute Gasteiger partial charge is 0.448 e. The first-order valence-corrected chi connectivity index (χ1v) is 2.94. The largest absolute Gasteiger partial charge is 0.504 e. The second-order valence-electron chi connectivity index (χ2n) is 1.88. The highest BCUT2D eigenvalue weighted by Gasteiger charge is 2.33. The van der Waals surface area contributed by atoms with Crippen LogP contribution in [-0.2, 0) is 0 Å². The Morgan fingerprint density at radius 3 is 2.30 bits per heavy atom. The topological polar surface area (TPSA) is 20.2 Å². The maximum Gasteiger partial charge on any atom is 0.448 e. The zero-order valence-corrected chi connectivity index (χ0v) is 5.57. The Morgan fingerprint density at radius 2 is 2.00 bits per heavy atom. The van der Waals surface area contributed by atoms with Gasteiger partial charge in [-0.05, 0) is 12.5 Å². The van der Waals surface area contributed by atoms with Crippen LogP contribution in [0.3, 0.4) is 0 Å². The van der Waals surface area contributed by atoms with E-state index in [1.54, 1.807) is 6.92 Å². The Bertz CT molecular complexity index is 125. The molecular formula is C6H9F3O. The molecule has 0 aromatic rings. The molecule has 0 aromatic carbocycles. The third kappa shape index (κ3) is 3.37. The zero-order valence-electron chi connectivity index (χ0n) is 5.57. The number of aliphatic hydroxyl groups excluding tert-OH is 1. The summed E-state index contributed by atoms with van der Waals surface area (Å²) in [5.41, 5.74) is 0. The molecule has 60 valence electrons. The van der Waals surface area contributed by atoms with E-state index in [0.29, 0.717) is 6.42 Å². The maximum absolute atomic E-state index is 11.5. The van der Waals surface area contributed by atoms with E-state index in [2.05, 4.69) is 0 Å². The third-order valence-electron chi connectivity index (χ3n) is 0.917. The van der Waals surface area contributed by atoms with E-state index in [9.17, 15) is 13.2 Å². The normalized spacial score (nSPS) is 13.8. The second kappa shape index (κ2) is 3.49. The summed E-state index contributed by atoms with van der Waals surface area (Å²) in [6, 6.07) is 0. The highest BCUT2D eigenvalue weighted by Crippen LogP contribution is 2.23. The highest BCUT2D eigenvalue weighted by molar-refractivity contribution is 4.97. The van der Waals surface area contributed by atoms with Crippen molar-refractivity contribution in [1.82, 2.24) is 0 Å². The molecule has 0 atom stereocenters. The van der Waals surface area contributed by atoms with Crippen LogP contribution in [0.1, 0.15) is 19.8 Å². The monoisotopic (exact) mass is 154 g/mol. The van der Waals surface area contributed by atoms with Crippen LogP contribution in [0.15, 0.2) is 11.8 Å². The molecule has 0 saturated heterocycles. The van der Waals surface area contributed by atoms with Gasteiger partial charge in [0.1, 0.15) is 0 Å². The fraction of sp³-hybridized carbons (Fsp3) is 0.667. The Hall–Kier alpha value is -0.670. The fourth-order valence-corrected chi connectivity index (χ4v) is 0.397.